The van der Waals surface area contributed by atoms with E-state index < -0.39 is 17.7 Å². The number of aromatic nitrogens is 2. The third kappa shape index (κ3) is 5.24. The zero-order chi connectivity index (χ0) is 22.0. The summed E-state index contributed by atoms with van der Waals surface area (Å²) in [5, 5.41) is 6.04. The lowest BCUT2D eigenvalue weighted by atomic mass is 10.1. The van der Waals surface area contributed by atoms with Crippen molar-refractivity contribution in [1.29, 1.82) is 0 Å². The van der Waals surface area contributed by atoms with Crippen molar-refractivity contribution in [3.05, 3.63) is 23.4 Å². The van der Waals surface area contributed by atoms with Crippen LogP contribution in [0, 0.1) is 0 Å². The van der Waals surface area contributed by atoms with Crippen LogP contribution in [0.25, 0.3) is 10.7 Å². The fraction of sp³-hybridized carbons (Fsp3) is 0.619. The van der Waals surface area contributed by atoms with Crippen LogP contribution in [0.1, 0.15) is 39.5 Å². The first-order valence-corrected chi connectivity index (χ1v) is 11.6. The Labute approximate surface area is 185 Å². The zero-order valence-electron chi connectivity index (χ0n) is 18.2. The van der Waals surface area contributed by atoms with Crippen LogP contribution < -0.4 is 0 Å². The van der Waals surface area contributed by atoms with Crippen LogP contribution in [0.4, 0.5) is 4.79 Å². The van der Waals surface area contributed by atoms with E-state index in [1.807, 2.05) is 43.2 Å². The molecular weight excluding hydrogens is 418 g/mol. The Morgan fingerprint density at radius 2 is 2.00 bits per heavy atom. The van der Waals surface area contributed by atoms with Gasteiger partial charge < -0.3 is 14.2 Å². The van der Waals surface area contributed by atoms with Gasteiger partial charge in [-0.2, -0.15) is 4.98 Å². The van der Waals surface area contributed by atoms with Gasteiger partial charge in [-0.15, -0.1) is 11.3 Å². The first kappa shape index (κ1) is 21.8. The summed E-state index contributed by atoms with van der Waals surface area (Å²) in [5.41, 5.74) is -0.572. The number of likely N-dealkylation sites (tertiary alicyclic amines) is 1. The predicted octanol–water partition coefficient (Wildman–Crippen LogP) is 2.84. The van der Waals surface area contributed by atoms with Crippen molar-refractivity contribution in [2.45, 2.75) is 51.8 Å². The maximum Gasteiger partial charge on any atom is 0.410 e. The molecule has 2 aliphatic rings. The Balaban J connectivity index is 1.29. The largest absolute Gasteiger partial charge is 0.444 e. The Bertz CT molecular complexity index is 899. The molecule has 2 aliphatic heterocycles. The van der Waals surface area contributed by atoms with Crippen LogP contribution in [-0.4, -0.2) is 81.2 Å². The van der Waals surface area contributed by atoms with E-state index in [9.17, 15) is 9.59 Å². The SMILES string of the molecule is CC(C)(C)OC(=O)N1CCC[C@H]1C(=O)N1CCN(Cc2nc(-c3cccs3)no2)CC1. The van der Waals surface area contributed by atoms with Crippen molar-refractivity contribution in [3.63, 3.8) is 0 Å². The van der Waals surface area contributed by atoms with E-state index in [1.54, 1.807) is 16.2 Å². The number of ether oxygens (including phenoxy) is 1. The molecule has 168 valence electrons. The number of hydrogen-bond donors (Lipinski definition) is 0. The minimum absolute atomic E-state index is 0.0146. The first-order chi connectivity index (χ1) is 14.8. The molecule has 0 radical (unpaired) electrons. The molecule has 2 aromatic heterocycles. The second-order valence-electron chi connectivity index (χ2n) is 8.92. The highest BCUT2D eigenvalue weighted by molar-refractivity contribution is 7.13. The van der Waals surface area contributed by atoms with Gasteiger partial charge in [0.2, 0.25) is 17.6 Å². The van der Waals surface area contributed by atoms with E-state index in [4.69, 9.17) is 9.26 Å². The molecule has 0 bridgehead atoms. The Morgan fingerprint density at radius 1 is 1.23 bits per heavy atom. The van der Waals surface area contributed by atoms with Crippen molar-refractivity contribution >= 4 is 23.3 Å². The molecule has 1 atom stereocenters. The summed E-state index contributed by atoms with van der Waals surface area (Å²) >= 11 is 1.58. The number of nitrogens with zero attached hydrogens (tertiary/aromatic N) is 5. The quantitative estimate of drug-likeness (QED) is 0.712. The topological polar surface area (TPSA) is 92.0 Å². The standard InChI is InChI=1S/C21H29N5O4S/c1-21(2,3)29-20(28)26-8-4-6-15(26)19(27)25-11-9-24(10-12-25)14-17-22-18(23-30-17)16-7-5-13-31-16/h5,7,13,15H,4,6,8-12,14H2,1-3H3/t15-/m0/s1. The number of piperazine rings is 1. The predicted molar refractivity (Wildman–Crippen MR) is 115 cm³/mol. The van der Waals surface area contributed by atoms with E-state index in [0.29, 0.717) is 44.3 Å². The Kier molecular flexibility index (Phi) is 6.29. The van der Waals surface area contributed by atoms with Gasteiger partial charge in [0.05, 0.1) is 11.4 Å². The summed E-state index contributed by atoms with van der Waals surface area (Å²) in [6.45, 7) is 9.32. The van der Waals surface area contributed by atoms with E-state index in [-0.39, 0.29) is 5.91 Å². The Hall–Kier alpha value is -2.46. The van der Waals surface area contributed by atoms with Gasteiger partial charge in [0, 0.05) is 32.7 Å². The van der Waals surface area contributed by atoms with Gasteiger partial charge in [-0.3, -0.25) is 14.6 Å². The molecule has 0 saturated carbocycles. The molecule has 4 heterocycles. The summed E-state index contributed by atoms with van der Waals surface area (Å²) in [5.74, 6) is 1.21. The van der Waals surface area contributed by atoms with Gasteiger partial charge in [0.15, 0.2) is 0 Å². The molecule has 0 unspecified atom stereocenters. The monoisotopic (exact) mass is 447 g/mol. The lowest BCUT2D eigenvalue weighted by Crippen LogP contribution is -2.54. The number of hydrogen-bond acceptors (Lipinski definition) is 8. The summed E-state index contributed by atoms with van der Waals surface area (Å²) in [6.07, 6.45) is 1.10. The number of thiophene rings is 1. The maximum atomic E-state index is 13.1. The summed E-state index contributed by atoms with van der Waals surface area (Å²) < 4.78 is 10.9. The van der Waals surface area contributed by atoms with Gasteiger partial charge in [0.25, 0.3) is 0 Å². The minimum Gasteiger partial charge on any atom is -0.444 e. The fourth-order valence-electron chi connectivity index (χ4n) is 3.92. The van der Waals surface area contributed by atoms with E-state index in [1.165, 1.54) is 0 Å². The average Bonchev–Trinajstić information content (AvgIpc) is 3.47. The third-order valence-corrected chi connectivity index (χ3v) is 6.28. The van der Waals surface area contributed by atoms with Crippen molar-refractivity contribution in [2.24, 2.45) is 0 Å². The van der Waals surface area contributed by atoms with E-state index >= 15 is 0 Å². The molecule has 10 heteroatoms. The molecule has 0 N–H and O–H groups in total. The van der Waals surface area contributed by atoms with Crippen molar-refractivity contribution in [1.82, 2.24) is 24.8 Å². The average molecular weight is 448 g/mol. The lowest BCUT2D eigenvalue weighted by molar-refractivity contribution is -0.137. The van der Waals surface area contributed by atoms with Crippen LogP contribution in [0.5, 0.6) is 0 Å². The summed E-state index contributed by atoms with van der Waals surface area (Å²) in [4.78, 5) is 36.7. The molecule has 0 aliphatic carbocycles. The van der Waals surface area contributed by atoms with Crippen LogP contribution >= 0.6 is 11.3 Å². The zero-order valence-corrected chi connectivity index (χ0v) is 19.1. The van der Waals surface area contributed by atoms with E-state index in [2.05, 4.69) is 15.0 Å². The van der Waals surface area contributed by atoms with Gasteiger partial charge in [0.1, 0.15) is 11.6 Å². The molecule has 9 nitrogen and oxygen atoms in total. The van der Waals surface area contributed by atoms with Crippen molar-refractivity contribution in [2.75, 3.05) is 32.7 Å². The smallest absolute Gasteiger partial charge is 0.410 e. The molecule has 4 rings (SSSR count). The molecule has 31 heavy (non-hydrogen) atoms. The molecule has 2 aromatic rings. The molecule has 0 spiro atoms. The van der Waals surface area contributed by atoms with Crippen molar-refractivity contribution < 1.29 is 18.8 Å². The van der Waals surface area contributed by atoms with Crippen LogP contribution in [-0.2, 0) is 16.1 Å². The van der Waals surface area contributed by atoms with Crippen LogP contribution in [0.3, 0.4) is 0 Å². The Morgan fingerprint density at radius 3 is 2.68 bits per heavy atom. The van der Waals surface area contributed by atoms with Crippen LogP contribution in [0.2, 0.25) is 0 Å². The van der Waals surface area contributed by atoms with Gasteiger partial charge in [-0.05, 0) is 45.1 Å². The number of carbonyl (C=O) groups excluding carboxylic acids is 2. The molecule has 2 saturated heterocycles. The number of amides is 2. The number of carbonyl (C=O) groups is 2. The fourth-order valence-corrected chi connectivity index (χ4v) is 4.57. The van der Waals surface area contributed by atoms with Gasteiger partial charge in [-0.25, -0.2) is 4.79 Å². The van der Waals surface area contributed by atoms with Crippen molar-refractivity contribution in [3.8, 4) is 10.7 Å². The van der Waals surface area contributed by atoms with E-state index in [0.717, 1.165) is 24.4 Å². The second kappa shape index (κ2) is 8.96. The lowest BCUT2D eigenvalue weighted by Gasteiger charge is -2.37. The maximum absolute atomic E-state index is 13.1. The highest BCUT2D eigenvalue weighted by Crippen LogP contribution is 2.24. The van der Waals surface area contributed by atoms with Gasteiger partial charge >= 0.3 is 6.09 Å². The molecule has 2 fully saturated rings. The summed E-state index contributed by atoms with van der Waals surface area (Å²) in [6, 6.07) is 3.50. The second-order valence-corrected chi connectivity index (χ2v) is 9.87. The molecule has 0 aromatic carbocycles. The normalized spacial score (nSPS) is 20.3. The highest BCUT2D eigenvalue weighted by atomic mass is 32.1. The minimum atomic E-state index is -0.572. The summed E-state index contributed by atoms with van der Waals surface area (Å²) in [7, 11) is 0. The highest BCUT2D eigenvalue weighted by Gasteiger charge is 2.39. The number of rotatable bonds is 4. The molecular formula is C21H29N5O4S. The van der Waals surface area contributed by atoms with Gasteiger partial charge in [-0.1, -0.05) is 11.2 Å². The molecule has 2 amide bonds. The van der Waals surface area contributed by atoms with Crippen LogP contribution in [0.15, 0.2) is 22.0 Å². The first-order valence-electron chi connectivity index (χ1n) is 10.7. The third-order valence-electron chi connectivity index (χ3n) is 5.42.